The fraction of sp³-hybridized carbons (Fsp3) is 0.421. The van der Waals surface area contributed by atoms with Gasteiger partial charge in [-0.25, -0.2) is 0 Å². The summed E-state index contributed by atoms with van der Waals surface area (Å²) in [6, 6.07) is 5.16. The van der Waals surface area contributed by atoms with Crippen LogP contribution in [0.5, 0.6) is 0 Å². The number of aromatic amines is 1. The van der Waals surface area contributed by atoms with Gasteiger partial charge in [-0.3, -0.25) is 14.2 Å². The first kappa shape index (κ1) is 17.6. The fourth-order valence-electron chi connectivity index (χ4n) is 3.69. The maximum Gasteiger partial charge on any atom is 0.262 e. The van der Waals surface area contributed by atoms with Gasteiger partial charge in [0, 0.05) is 25.2 Å². The number of carbonyl (C=O) groups is 1. The molecule has 1 N–H and O–H groups in total. The SMILES string of the molecule is C=CCn1c(=S)[nH]c2cc(C(=O)N3CC(C)CC(C)C3)ccc2c1=O. The Kier molecular flexibility index (Phi) is 4.90. The van der Waals surface area contributed by atoms with Crippen LogP contribution in [-0.2, 0) is 6.54 Å². The highest BCUT2D eigenvalue weighted by Gasteiger charge is 2.26. The molecule has 25 heavy (non-hydrogen) atoms. The van der Waals surface area contributed by atoms with Crippen LogP contribution in [0.15, 0.2) is 35.6 Å². The molecule has 1 saturated heterocycles. The molecule has 0 bridgehead atoms. The molecule has 2 unspecified atom stereocenters. The van der Waals surface area contributed by atoms with E-state index in [0.717, 1.165) is 19.5 Å². The van der Waals surface area contributed by atoms with Crippen molar-refractivity contribution in [3.8, 4) is 0 Å². The lowest BCUT2D eigenvalue weighted by Crippen LogP contribution is -2.42. The molecule has 1 aliphatic rings. The maximum atomic E-state index is 12.9. The first-order valence-electron chi connectivity index (χ1n) is 8.57. The monoisotopic (exact) mass is 357 g/mol. The van der Waals surface area contributed by atoms with Gasteiger partial charge in [0.2, 0.25) is 0 Å². The van der Waals surface area contributed by atoms with Crippen LogP contribution in [-0.4, -0.2) is 33.4 Å². The lowest BCUT2D eigenvalue weighted by Gasteiger charge is -2.35. The van der Waals surface area contributed by atoms with E-state index in [2.05, 4.69) is 25.4 Å². The number of benzene rings is 1. The average molecular weight is 357 g/mol. The number of nitrogens with one attached hydrogen (secondary N) is 1. The summed E-state index contributed by atoms with van der Waals surface area (Å²) >= 11 is 5.26. The normalized spacial score (nSPS) is 20.6. The molecule has 0 spiro atoms. The number of aromatic nitrogens is 2. The van der Waals surface area contributed by atoms with E-state index in [-0.39, 0.29) is 11.5 Å². The van der Waals surface area contributed by atoms with Gasteiger partial charge in [0.1, 0.15) is 0 Å². The minimum Gasteiger partial charge on any atom is -0.338 e. The molecule has 1 fully saturated rings. The van der Waals surface area contributed by atoms with E-state index in [1.807, 2.05) is 4.90 Å². The summed E-state index contributed by atoms with van der Waals surface area (Å²) in [7, 11) is 0. The second kappa shape index (κ2) is 6.96. The van der Waals surface area contributed by atoms with Gasteiger partial charge < -0.3 is 9.88 Å². The summed E-state index contributed by atoms with van der Waals surface area (Å²) in [5.41, 5.74) is 1.01. The van der Waals surface area contributed by atoms with Crippen LogP contribution >= 0.6 is 12.2 Å². The molecular weight excluding hydrogens is 334 g/mol. The van der Waals surface area contributed by atoms with Crippen molar-refractivity contribution in [2.75, 3.05) is 13.1 Å². The first-order chi connectivity index (χ1) is 11.9. The molecule has 1 amide bonds. The Balaban J connectivity index is 2.00. The highest BCUT2D eigenvalue weighted by Crippen LogP contribution is 2.23. The Morgan fingerprint density at radius 2 is 2.04 bits per heavy atom. The highest BCUT2D eigenvalue weighted by atomic mass is 32.1. The molecule has 1 aliphatic heterocycles. The van der Waals surface area contributed by atoms with E-state index < -0.39 is 0 Å². The summed E-state index contributed by atoms with van der Waals surface area (Å²) in [6.07, 6.45) is 2.78. The topological polar surface area (TPSA) is 58.1 Å². The molecule has 1 aromatic carbocycles. The third-order valence-corrected chi connectivity index (χ3v) is 5.02. The molecule has 0 radical (unpaired) electrons. The minimum atomic E-state index is -0.169. The Morgan fingerprint density at radius 1 is 1.36 bits per heavy atom. The van der Waals surface area contributed by atoms with Gasteiger partial charge in [-0.2, -0.15) is 0 Å². The van der Waals surface area contributed by atoms with E-state index in [4.69, 9.17) is 12.2 Å². The number of rotatable bonds is 3. The lowest BCUT2D eigenvalue weighted by molar-refractivity contribution is 0.0623. The van der Waals surface area contributed by atoms with Gasteiger partial charge in [0.05, 0.1) is 10.9 Å². The summed E-state index contributed by atoms with van der Waals surface area (Å²) in [5.74, 6) is 1.02. The Bertz CT molecular complexity index is 934. The van der Waals surface area contributed by atoms with Gasteiger partial charge in [-0.1, -0.05) is 19.9 Å². The van der Waals surface area contributed by atoms with Gasteiger partial charge in [-0.05, 0) is 48.7 Å². The van der Waals surface area contributed by atoms with E-state index in [9.17, 15) is 9.59 Å². The maximum absolute atomic E-state index is 12.9. The zero-order valence-electron chi connectivity index (χ0n) is 14.6. The molecule has 1 aromatic heterocycles. The van der Waals surface area contributed by atoms with Crippen LogP contribution in [0.2, 0.25) is 0 Å². The van der Waals surface area contributed by atoms with Crippen molar-refractivity contribution in [3.63, 3.8) is 0 Å². The van der Waals surface area contributed by atoms with E-state index in [1.165, 1.54) is 4.57 Å². The molecule has 6 heteroatoms. The summed E-state index contributed by atoms with van der Waals surface area (Å²) in [5, 5.41) is 0.521. The number of allylic oxidation sites excluding steroid dienone is 1. The van der Waals surface area contributed by atoms with Crippen LogP contribution in [0.1, 0.15) is 30.6 Å². The lowest BCUT2D eigenvalue weighted by atomic mass is 9.91. The number of amides is 1. The van der Waals surface area contributed by atoms with Crippen LogP contribution in [0.4, 0.5) is 0 Å². The van der Waals surface area contributed by atoms with E-state index in [1.54, 1.807) is 24.3 Å². The van der Waals surface area contributed by atoms with Gasteiger partial charge in [0.25, 0.3) is 11.5 Å². The van der Waals surface area contributed by atoms with Crippen molar-refractivity contribution < 1.29 is 4.79 Å². The van der Waals surface area contributed by atoms with Gasteiger partial charge in [0.15, 0.2) is 4.77 Å². The number of nitrogens with zero attached hydrogens (tertiary/aromatic N) is 2. The zero-order valence-corrected chi connectivity index (χ0v) is 15.4. The number of likely N-dealkylation sites (tertiary alicyclic amines) is 1. The quantitative estimate of drug-likeness (QED) is 0.677. The van der Waals surface area contributed by atoms with Crippen molar-refractivity contribution in [1.82, 2.24) is 14.5 Å². The smallest absolute Gasteiger partial charge is 0.262 e. The van der Waals surface area contributed by atoms with Crippen LogP contribution < -0.4 is 5.56 Å². The number of hydrogen-bond donors (Lipinski definition) is 1. The third kappa shape index (κ3) is 3.44. The van der Waals surface area contributed by atoms with Crippen LogP contribution in [0.25, 0.3) is 10.9 Å². The predicted octanol–water partition coefficient (Wildman–Crippen LogP) is 3.36. The van der Waals surface area contributed by atoms with E-state index in [0.29, 0.717) is 39.6 Å². The number of H-pyrrole nitrogens is 1. The predicted molar refractivity (Wildman–Crippen MR) is 102 cm³/mol. The van der Waals surface area contributed by atoms with Crippen molar-refractivity contribution in [2.45, 2.75) is 26.8 Å². The van der Waals surface area contributed by atoms with Crippen molar-refractivity contribution in [2.24, 2.45) is 11.8 Å². The third-order valence-electron chi connectivity index (χ3n) is 4.70. The highest BCUT2D eigenvalue weighted by molar-refractivity contribution is 7.71. The molecule has 5 nitrogen and oxygen atoms in total. The number of hydrogen-bond acceptors (Lipinski definition) is 3. The Labute approximate surface area is 152 Å². The van der Waals surface area contributed by atoms with Crippen LogP contribution in [0.3, 0.4) is 0 Å². The Hall–Kier alpha value is -2.21. The number of carbonyl (C=O) groups excluding carboxylic acids is 1. The molecule has 0 saturated carbocycles. The average Bonchev–Trinajstić information content (AvgIpc) is 2.56. The second-order valence-corrected chi connectivity index (χ2v) is 7.44. The first-order valence-corrected chi connectivity index (χ1v) is 8.98. The molecule has 2 atom stereocenters. The molecule has 2 heterocycles. The minimum absolute atomic E-state index is 0.00916. The molecule has 2 aromatic rings. The summed E-state index contributed by atoms with van der Waals surface area (Å²) in [6.45, 7) is 9.91. The fourth-order valence-corrected chi connectivity index (χ4v) is 3.96. The molecule has 132 valence electrons. The number of fused-ring (bicyclic) bond motifs is 1. The molecular formula is C19H23N3O2S. The summed E-state index contributed by atoms with van der Waals surface area (Å²) in [4.78, 5) is 30.4. The largest absolute Gasteiger partial charge is 0.338 e. The van der Waals surface area contributed by atoms with Gasteiger partial charge in [-0.15, -0.1) is 6.58 Å². The van der Waals surface area contributed by atoms with E-state index >= 15 is 0 Å². The Morgan fingerprint density at radius 3 is 2.68 bits per heavy atom. The zero-order chi connectivity index (χ0) is 18.1. The van der Waals surface area contributed by atoms with Crippen LogP contribution in [0, 0.1) is 16.6 Å². The van der Waals surface area contributed by atoms with Gasteiger partial charge >= 0.3 is 0 Å². The van der Waals surface area contributed by atoms with Crippen molar-refractivity contribution in [3.05, 3.63) is 51.5 Å². The van der Waals surface area contributed by atoms with Crippen molar-refractivity contribution in [1.29, 1.82) is 0 Å². The molecule has 0 aliphatic carbocycles. The van der Waals surface area contributed by atoms with Crippen molar-refractivity contribution >= 4 is 29.0 Å². The number of piperidine rings is 1. The summed E-state index contributed by atoms with van der Waals surface area (Å²) < 4.78 is 1.79. The molecule has 3 rings (SSSR count). The standard InChI is InChI=1S/C19H23N3O2S/c1-4-7-22-18(24)15-6-5-14(9-16(15)20-19(22)25)17(23)21-10-12(2)8-13(3)11-21/h4-6,9,12-13H,1,7-8,10-11H2,2-3H3,(H,20,25). The second-order valence-electron chi connectivity index (χ2n) is 7.05.